The monoisotopic (exact) mass is 507 g/mol. The Kier molecular flexibility index (Phi) is 8.79. The number of anilines is 2. The molecule has 3 N–H and O–H groups in total. The van der Waals surface area contributed by atoms with Crippen LogP contribution in [0.2, 0.25) is 0 Å². The second kappa shape index (κ2) is 11.1. The van der Waals surface area contributed by atoms with E-state index in [-0.39, 0.29) is 16.1 Å². The van der Waals surface area contributed by atoms with Gasteiger partial charge in [0.15, 0.2) is 0 Å². The molecule has 0 spiro atoms. The predicted molar refractivity (Wildman–Crippen MR) is 113 cm³/mol. The quantitative estimate of drug-likeness (QED) is 0.521. The molecule has 1 aliphatic heterocycles. The molecule has 1 fully saturated rings. The summed E-state index contributed by atoms with van der Waals surface area (Å²) in [6, 6.07) is 5.61. The van der Waals surface area contributed by atoms with Crippen LogP contribution in [0.3, 0.4) is 0 Å². The molecule has 14 heteroatoms. The third-order valence-corrected chi connectivity index (χ3v) is 6.02. The number of nitrogens with zero attached hydrogens (tertiary/aromatic N) is 2. The van der Waals surface area contributed by atoms with Crippen molar-refractivity contribution in [3.63, 3.8) is 0 Å². The van der Waals surface area contributed by atoms with Gasteiger partial charge < -0.3 is 15.1 Å². The molecule has 186 valence electrons. The van der Waals surface area contributed by atoms with Gasteiger partial charge in [-0.15, -0.1) is 0 Å². The van der Waals surface area contributed by atoms with Crippen molar-refractivity contribution >= 4 is 33.5 Å². The number of pyridine rings is 1. The van der Waals surface area contributed by atoms with E-state index in [0.29, 0.717) is 18.9 Å². The summed E-state index contributed by atoms with van der Waals surface area (Å²) in [6.45, 7) is 1.43. The van der Waals surface area contributed by atoms with Gasteiger partial charge in [-0.3, -0.25) is 4.72 Å². The molecule has 0 bridgehead atoms. The van der Waals surface area contributed by atoms with Crippen LogP contribution >= 0.6 is 0 Å². The molecule has 34 heavy (non-hydrogen) atoms. The maximum atomic E-state index is 13.0. The molecule has 0 unspecified atom stereocenters. The van der Waals surface area contributed by atoms with Gasteiger partial charge >= 0.3 is 18.1 Å². The van der Waals surface area contributed by atoms with Crippen molar-refractivity contribution in [3.05, 3.63) is 47.9 Å². The minimum Gasteiger partial charge on any atom is -0.478 e. The SMILES string of the molecule is O=C(O)C(F)(F)F.O=C(O)c1cc(NS(=O)(=O)c2ccc(F)cc2)cnc1N1CCCCCC1. The van der Waals surface area contributed by atoms with E-state index in [1.165, 1.54) is 12.3 Å². The zero-order valence-electron chi connectivity index (χ0n) is 17.5. The number of halogens is 4. The van der Waals surface area contributed by atoms with E-state index in [0.717, 1.165) is 49.9 Å². The fraction of sp³-hybridized carbons (Fsp3) is 0.350. The van der Waals surface area contributed by atoms with E-state index < -0.39 is 34.0 Å². The van der Waals surface area contributed by atoms with Crippen LogP contribution in [-0.2, 0) is 14.8 Å². The maximum absolute atomic E-state index is 13.0. The predicted octanol–water partition coefficient (Wildman–Crippen LogP) is 3.73. The van der Waals surface area contributed by atoms with Crippen molar-refractivity contribution < 1.29 is 45.8 Å². The van der Waals surface area contributed by atoms with Crippen LogP contribution in [-0.4, -0.2) is 54.8 Å². The maximum Gasteiger partial charge on any atom is 0.490 e. The summed E-state index contributed by atoms with van der Waals surface area (Å²) in [7, 11) is -3.98. The Morgan fingerprint density at radius 1 is 1.00 bits per heavy atom. The van der Waals surface area contributed by atoms with Crippen LogP contribution in [0.4, 0.5) is 29.1 Å². The Bertz CT molecular complexity index is 1120. The molecule has 0 radical (unpaired) electrons. The summed E-state index contributed by atoms with van der Waals surface area (Å²) in [5.74, 6) is -4.14. The highest BCUT2D eigenvalue weighted by molar-refractivity contribution is 7.92. The minimum atomic E-state index is -5.08. The Labute approximate surface area is 192 Å². The van der Waals surface area contributed by atoms with Crippen molar-refractivity contribution in [1.82, 2.24) is 4.98 Å². The Hall–Kier alpha value is -3.42. The van der Waals surface area contributed by atoms with Gasteiger partial charge in [-0.25, -0.2) is 27.4 Å². The second-order valence-corrected chi connectivity index (χ2v) is 8.85. The number of rotatable bonds is 5. The largest absolute Gasteiger partial charge is 0.490 e. The first-order chi connectivity index (χ1) is 15.8. The fourth-order valence-corrected chi connectivity index (χ4v) is 4.07. The lowest BCUT2D eigenvalue weighted by Crippen LogP contribution is -2.27. The number of aromatic carboxylic acids is 1. The van der Waals surface area contributed by atoms with Gasteiger partial charge in [-0.2, -0.15) is 13.2 Å². The first-order valence-corrected chi connectivity index (χ1v) is 11.4. The number of carboxylic acid groups (broad SMARTS) is 2. The van der Waals surface area contributed by atoms with Crippen LogP contribution in [0.5, 0.6) is 0 Å². The van der Waals surface area contributed by atoms with Crippen LogP contribution in [0.15, 0.2) is 41.4 Å². The fourth-order valence-electron chi connectivity index (χ4n) is 3.03. The highest BCUT2D eigenvalue weighted by atomic mass is 32.2. The Morgan fingerprint density at radius 3 is 2.00 bits per heavy atom. The molecular weight excluding hydrogens is 486 g/mol. The molecule has 3 rings (SSSR count). The van der Waals surface area contributed by atoms with Gasteiger partial charge in [0.05, 0.1) is 16.8 Å². The number of nitrogens with one attached hydrogen (secondary N) is 1. The number of alkyl halides is 3. The van der Waals surface area contributed by atoms with Crippen LogP contribution < -0.4 is 9.62 Å². The molecule has 1 aliphatic rings. The number of aromatic nitrogens is 1. The van der Waals surface area contributed by atoms with E-state index in [1.54, 1.807) is 0 Å². The number of hydrogen-bond acceptors (Lipinski definition) is 6. The molecule has 0 saturated carbocycles. The third kappa shape index (κ3) is 7.57. The zero-order valence-corrected chi connectivity index (χ0v) is 18.4. The highest BCUT2D eigenvalue weighted by Crippen LogP contribution is 2.25. The molecular formula is C20H21F4N3O6S. The summed E-state index contributed by atoms with van der Waals surface area (Å²) in [5, 5.41) is 16.7. The van der Waals surface area contributed by atoms with Gasteiger partial charge in [0.25, 0.3) is 10.0 Å². The summed E-state index contributed by atoms with van der Waals surface area (Å²) < 4.78 is 71.8. The number of aliphatic carboxylic acids is 1. The average Bonchev–Trinajstić information content (AvgIpc) is 3.03. The summed E-state index contributed by atoms with van der Waals surface area (Å²) in [5.41, 5.74) is -0.0218. The molecule has 1 aromatic carbocycles. The summed E-state index contributed by atoms with van der Waals surface area (Å²) >= 11 is 0. The number of benzene rings is 1. The van der Waals surface area contributed by atoms with E-state index in [9.17, 15) is 35.9 Å². The van der Waals surface area contributed by atoms with E-state index >= 15 is 0 Å². The molecule has 2 aromatic rings. The van der Waals surface area contributed by atoms with Crippen LogP contribution in [0.25, 0.3) is 0 Å². The smallest absolute Gasteiger partial charge is 0.478 e. The Morgan fingerprint density at radius 2 is 1.53 bits per heavy atom. The molecule has 0 amide bonds. The van der Waals surface area contributed by atoms with Crippen molar-refractivity contribution in [2.24, 2.45) is 0 Å². The lowest BCUT2D eigenvalue weighted by molar-refractivity contribution is -0.192. The van der Waals surface area contributed by atoms with Crippen molar-refractivity contribution in [2.75, 3.05) is 22.7 Å². The minimum absolute atomic E-state index is 0.0373. The molecule has 2 heterocycles. The molecule has 9 nitrogen and oxygen atoms in total. The lowest BCUT2D eigenvalue weighted by atomic mass is 10.2. The van der Waals surface area contributed by atoms with Crippen molar-refractivity contribution in [2.45, 2.75) is 36.8 Å². The standard InChI is InChI=1S/C18H20FN3O4S.C2HF3O2/c19-13-5-7-15(8-6-13)27(25,26)21-14-11-16(18(23)24)17(20-12-14)22-9-3-1-2-4-10-22;3-2(4,5)1(6)7/h5-8,11-12,21H,1-4,9-10H2,(H,23,24);(H,6,7). The van der Waals surface area contributed by atoms with Crippen LogP contribution in [0, 0.1) is 5.82 Å². The van der Waals surface area contributed by atoms with Gasteiger partial charge in [-0.1, -0.05) is 12.8 Å². The summed E-state index contributed by atoms with van der Waals surface area (Å²) in [4.78, 5) is 26.6. The first kappa shape index (κ1) is 26.8. The topological polar surface area (TPSA) is 137 Å². The number of carbonyl (C=O) groups is 2. The second-order valence-electron chi connectivity index (χ2n) is 7.16. The molecule has 0 aliphatic carbocycles. The third-order valence-electron chi connectivity index (χ3n) is 4.62. The molecule has 0 atom stereocenters. The van der Waals surface area contributed by atoms with Crippen molar-refractivity contribution in [3.8, 4) is 0 Å². The normalized spacial score (nSPS) is 14.4. The van der Waals surface area contributed by atoms with Gasteiger partial charge in [0.2, 0.25) is 0 Å². The average molecular weight is 507 g/mol. The molecule has 1 saturated heterocycles. The Balaban J connectivity index is 0.000000509. The number of sulfonamides is 1. The summed E-state index contributed by atoms with van der Waals surface area (Å²) in [6.07, 6.45) is 0.316. The van der Waals surface area contributed by atoms with Gasteiger partial charge in [0, 0.05) is 13.1 Å². The first-order valence-electron chi connectivity index (χ1n) is 9.88. The number of hydrogen-bond donors (Lipinski definition) is 3. The van der Waals surface area contributed by atoms with E-state index in [4.69, 9.17) is 9.90 Å². The van der Waals surface area contributed by atoms with Gasteiger partial charge in [-0.05, 0) is 43.2 Å². The number of carboxylic acids is 2. The molecule has 1 aromatic heterocycles. The van der Waals surface area contributed by atoms with Gasteiger partial charge in [0.1, 0.15) is 17.2 Å². The van der Waals surface area contributed by atoms with Crippen LogP contribution in [0.1, 0.15) is 36.0 Å². The lowest BCUT2D eigenvalue weighted by Gasteiger charge is -2.23. The zero-order chi connectivity index (χ0) is 25.5. The van der Waals surface area contributed by atoms with E-state index in [2.05, 4.69) is 9.71 Å². The van der Waals surface area contributed by atoms with Crippen molar-refractivity contribution in [1.29, 1.82) is 0 Å². The van der Waals surface area contributed by atoms with E-state index in [1.807, 2.05) is 4.90 Å². The highest BCUT2D eigenvalue weighted by Gasteiger charge is 2.38.